The van der Waals surface area contributed by atoms with Crippen molar-refractivity contribution >= 4 is 11.8 Å². The van der Waals surface area contributed by atoms with Crippen molar-refractivity contribution in [3.8, 4) is 0 Å². The van der Waals surface area contributed by atoms with Crippen LogP contribution in [0, 0.1) is 0 Å². The predicted molar refractivity (Wildman–Crippen MR) is 57.1 cm³/mol. The summed E-state index contributed by atoms with van der Waals surface area (Å²) in [4.78, 5) is 20.4. The zero-order valence-electron chi connectivity index (χ0n) is 9.35. The maximum Gasteiger partial charge on any atom is 0.356 e. The number of rotatable bonds is 2. The van der Waals surface area contributed by atoms with E-state index in [1.807, 2.05) is 32.7 Å². The third-order valence-corrected chi connectivity index (χ3v) is 2.21. The molecule has 0 radical (unpaired) electrons. The van der Waals surface area contributed by atoms with E-state index in [-0.39, 0.29) is 11.2 Å². The largest absolute Gasteiger partial charge is 0.476 e. The molecule has 15 heavy (non-hydrogen) atoms. The topological polar surface area (TPSA) is 66.3 Å². The van der Waals surface area contributed by atoms with E-state index in [4.69, 9.17) is 5.11 Å². The summed E-state index contributed by atoms with van der Waals surface area (Å²) in [6.45, 7) is 6.12. The van der Waals surface area contributed by atoms with Crippen LogP contribution >= 0.6 is 0 Å². The molecule has 0 atom stereocenters. The van der Waals surface area contributed by atoms with E-state index in [9.17, 15) is 4.79 Å². The number of hydrogen-bond donors (Lipinski definition) is 1. The molecular weight excluding hydrogens is 194 g/mol. The number of anilines is 1. The van der Waals surface area contributed by atoms with Gasteiger partial charge in [0.1, 0.15) is 5.82 Å². The Bertz CT molecular complexity index is 354. The molecular formula is C10H15N3O2. The van der Waals surface area contributed by atoms with E-state index in [2.05, 4.69) is 9.97 Å². The molecule has 0 amide bonds. The molecule has 1 aromatic heterocycles. The van der Waals surface area contributed by atoms with Crippen molar-refractivity contribution in [1.82, 2.24) is 9.97 Å². The first kappa shape index (κ1) is 11.4. The van der Waals surface area contributed by atoms with Crippen LogP contribution in [0.4, 0.5) is 5.82 Å². The van der Waals surface area contributed by atoms with Crippen molar-refractivity contribution in [3.63, 3.8) is 0 Å². The van der Waals surface area contributed by atoms with Gasteiger partial charge < -0.3 is 10.0 Å². The van der Waals surface area contributed by atoms with Crippen LogP contribution in [-0.4, -0.2) is 33.6 Å². The van der Waals surface area contributed by atoms with Gasteiger partial charge in [0.15, 0.2) is 5.69 Å². The van der Waals surface area contributed by atoms with Gasteiger partial charge in [-0.15, -0.1) is 0 Å². The van der Waals surface area contributed by atoms with E-state index >= 15 is 0 Å². The highest BCUT2D eigenvalue weighted by Gasteiger charge is 2.19. The van der Waals surface area contributed by atoms with Crippen LogP contribution in [0.5, 0.6) is 0 Å². The predicted octanol–water partition coefficient (Wildman–Crippen LogP) is 1.41. The lowest BCUT2D eigenvalue weighted by Gasteiger charge is -2.32. The van der Waals surface area contributed by atoms with Crippen LogP contribution in [0.1, 0.15) is 31.3 Å². The first-order valence-electron chi connectivity index (χ1n) is 4.61. The molecule has 1 rings (SSSR count). The fourth-order valence-corrected chi connectivity index (χ4v) is 0.949. The highest BCUT2D eigenvalue weighted by Crippen LogP contribution is 2.18. The Kier molecular flexibility index (Phi) is 2.93. The molecule has 1 heterocycles. The molecule has 0 fully saturated rings. The van der Waals surface area contributed by atoms with E-state index in [0.717, 1.165) is 0 Å². The number of nitrogens with zero attached hydrogens (tertiary/aromatic N) is 3. The molecule has 1 aromatic rings. The highest BCUT2D eigenvalue weighted by molar-refractivity contribution is 5.84. The molecule has 0 aliphatic carbocycles. The Morgan fingerprint density at radius 2 is 1.93 bits per heavy atom. The van der Waals surface area contributed by atoms with Gasteiger partial charge in [0, 0.05) is 12.6 Å². The lowest BCUT2D eigenvalue weighted by Crippen LogP contribution is -2.38. The van der Waals surface area contributed by atoms with Crippen LogP contribution < -0.4 is 4.90 Å². The highest BCUT2D eigenvalue weighted by atomic mass is 16.4. The van der Waals surface area contributed by atoms with Gasteiger partial charge in [-0.3, -0.25) is 0 Å². The Morgan fingerprint density at radius 1 is 1.33 bits per heavy atom. The Hall–Kier alpha value is -1.65. The van der Waals surface area contributed by atoms with Gasteiger partial charge in [0.2, 0.25) is 0 Å². The third-order valence-electron chi connectivity index (χ3n) is 2.21. The molecule has 0 saturated heterocycles. The van der Waals surface area contributed by atoms with Crippen LogP contribution in [0.15, 0.2) is 12.4 Å². The number of carbonyl (C=O) groups is 1. The van der Waals surface area contributed by atoms with Crippen molar-refractivity contribution in [3.05, 3.63) is 18.1 Å². The maximum atomic E-state index is 10.6. The van der Waals surface area contributed by atoms with Crippen molar-refractivity contribution in [2.24, 2.45) is 0 Å². The number of carboxylic acid groups (broad SMARTS) is 1. The smallest absolute Gasteiger partial charge is 0.356 e. The second-order valence-corrected chi connectivity index (χ2v) is 4.29. The van der Waals surface area contributed by atoms with Gasteiger partial charge in [-0.25, -0.2) is 14.8 Å². The quantitative estimate of drug-likeness (QED) is 0.797. The number of aromatic nitrogens is 2. The summed E-state index contributed by atoms with van der Waals surface area (Å²) in [5.41, 5.74) is -0.111. The van der Waals surface area contributed by atoms with Gasteiger partial charge in [-0.05, 0) is 20.8 Å². The average molecular weight is 209 g/mol. The average Bonchev–Trinajstić information content (AvgIpc) is 2.15. The number of aromatic carboxylic acids is 1. The molecule has 0 bridgehead atoms. The van der Waals surface area contributed by atoms with Gasteiger partial charge in [0.25, 0.3) is 0 Å². The zero-order chi connectivity index (χ0) is 11.6. The zero-order valence-corrected chi connectivity index (χ0v) is 9.35. The SMILES string of the molecule is CN(c1cnc(C(=O)O)cn1)C(C)(C)C. The Balaban J connectivity index is 2.94. The first-order valence-corrected chi connectivity index (χ1v) is 4.61. The second kappa shape index (κ2) is 3.84. The minimum atomic E-state index is -1.06. The van der Waals surface area contributed by atoms with Crippen LogP contribution in [-0.2, 0) is 0 Å². The molecule has 0 saturated carbocycles. The summed E-state index contributed by atoms with van der Waals surface area (Å²) in [6.07, 6.45) is 2.73. The van der Waals surface area contributed by atoms with E-state index in [1.54, 1.807) is 0 Å². The molecule has 0 aliphatic rings. The second-order valence-electron chi connectivity index (χ2n) is 4.29. The standard InChI is InChI=1S/C10H15N3O2/c1-10(2,3)13(4)8-6-11-7(5-12-8)9(14)15/h5-6H,1-4H3,(H,14,15). The fraction of sp³-hybridized carbons (Fsp3) is 0.500. The van der Waals surface area contributed by atoms with Crippen LogP contribution in [0.25, 0.3) is 0 Å². The fourth-order valence-electron chi connectivity index (χ4n) is 0.949. The van der Waals surface area contributed by atoms with Gasteiger partial charge in [0.05, 0.1) is 12.4 Å². The normalized spacial score (nSPS) is 11.2. The van der Waals surface area contributed by atoms with Gasteiger partial charge in [-0.1, -0.05) is 0 Å². The van der Waals surface area contributed by atoms with E-state index in [1.165, 1.54) is 12.4 Å². The molecule has 0 aliphatic heterocycles. The molecule has 5 heteroatoms. The third kappa shape index (κ3) is 2.65. The summed E-state index contributed by atoms with van der Waals surface area (Å²) in [5.74, 6) is -0.403. The summed E-state index contributed by atoms with van der Waals surface area (Å²) in [7, 11) is 1.89. The van der Waals surface area contributed by atoms with Crippen molar-refractivity contribution < 1.29 is 9.90 Å². The minimum Gasteiger partial charge on any atom is -0.476 e. The summed E-state index contributed by atoms with van der Waals surface area (Å²) < 4.78 is 0. The van der Waals surface area contributed by atoms with Crippen molar-refractivity contribution in [2.45, 2.75) is 26.3 Å². The Morgan fingerprint density at radius 3 is 2.27 bits per heavy atom. The Labute approximate surface area is 88.8 Å². The molecule has 0 aromatic carbocycles. The molecule has 5 nitrogen and oxygen atoms in total. The first-order chi connectivity index (χ1) is 6.82. The van der Waals surface area contributed by atoms with E-state index in [0.29, 0.717) is 5.82 Å². The van der Waals surface area contributed by atoms with Crippen LogP contribution in [0.2, 0.25) is 0 Å². The van der Waals surface area contributed by atoms with Gasteiger partial charge >= 0.3 is 5.97 Å². The maximum absolute atomic E-state index is 10.6. The minimum absolute atomic E-state index is 0.0407. The van der Waals surface area contributed by atoms with E-state index < -0.39 is 5.97 Å². The molecule has 82 valence electrons. The van der Waals surface area contributed by atoms with Gasteiger partial charge in [-0.2, -0.15) is 0 Å². The summed E-state index contributed by atoms with van der Waals surface area (Å²) in [5, 5.41) is 8.66. The summed E-state index contributed by atoms with van der Waals surface area (Å²) >= 11 is 0. The molecule has 0 unspecified atom stereocenters. The molecule has 0 spiro atoms. The number of carboxylic acids is 1. The monoisotopic (exact) mass is 209 g/mol. The summed E-state index contributed by atoms with van der Waals surface area (Å²) in [6, 6.07) is 0. The lowest BCUT2D eigenvalue weighted by atomic mass is 10.1. The van der Waals surface area contributed by atoms with Crippen LogP contribution in [0.3, 0.4) is 0 Å². The van der Waals surface area contributed by atoms with Crippen molar-refractivity contribution in [2.75, 3.05) is 11.9 Å². The molecule has 1 N–H and O–H groups in total. The van der Waals surface area contributed by atoms with Crippen molar-refractivity contribution in [1.29, 1.82) is 0 Å². The lowest BCUT2D eigenvalue weighted by molar-refractivity contribution is 0.0690. The number of hydrogen-bond acceptors (Lipinski definition) is 4.